The van der Waals surface area contributed by atoms with Crippen LogP contribution < -0.4 is 10.6 Å². The topological polar surface area (TPSA) is 24.1 Å². The van der Waals surface area contributed by atoms with E-state index in [1.165, 1.54) is 0 Å². The molecule has 0 fully saturated rings. The van der Waals surface area contributed by atoms with Crippen molar-refractivity contribution in [1.82, 2.24) is 0 Å². The Balaban J connectivity index is 2.32. The number of thiocarbonyl (C=S) groups is 1. The van der Waals surface area contributed by atoms with E-state index in [1.807, 2.05) is 32.9 Å². The first-order valence-corrected chi connectivity index (χ1v) is 8.56. The second-order valence-corrected chi connectivity index (χ2v) is 7.58. The number of nitrogens with one attached hydrogen (secondary N) is 2. The predicted octanol–water partition coefficient (Wildman–Crippen LogP) is 6.83. The number of hydrogen-bond acceptors (Lipinski definition) is 1. The minimum absolute atomic E-state index is 0.0660. The van der Waals surface area contributed by atoms with Crippen molar-refractivity contribution in [3.63, 3.8) is 0 Å². The molecule has 2 aromatic rings. The fourth-order valence-electron chi connectivity index (χ4n) is 2.56. The van der Waals surface area contributed by atoms with Gasteiger partial charge in [-0.25, -0.2) is 0 Å². The molecule has 2 N–H and O–H groups in total. The van der Waals surface area contributed by atoms with E-state index in [-0.39, 0.29) is 16.6 Å². The molecule has 0 aliphatic carbocycles. The Morgan fingerprint density at radius 3 is 1.75 bits per heavy atom. The molecule has 0 bridgehead atoms. The Morgan fingerprint density at radius 2 is 1.29 bits per heavy atom. The maximum absolute atomic E-state index is 13.0. The third-order valence-electron chi connectivity index (χ3n) is 3.83. The molecule has 0 saturated carbocycles. The van der Waals surface area contributed by atoms with E-state index >= 15 is 0 Å². The van der Waals surface area contributed by atoms with E-state index in [9.17, 15) is 26.3 Å². The minimum atomic E-state index is -4.93. The van der Waals surface area contributed by atoms with Gasteiger partial charge in [-0.2, -0.15) is 26.3 Å². The van der Waals surface area contributed by atoms with Gasteiger partial charge in [-0.15, -0.1) is 0 Å². The van der Waals surface area contributed by atoms with E-state index in [0.717, 1.165) is 5.56 Å². The van der Waals surface area contributed by atoms with Crippen LogP contribution in [0.5, 0.6) is 0 Å². The van der Waals surface area contributed by atoms with Gasteiger partial charge >= 0.3 is 12.4 Å². The second kappa shape index (κ2) is 7.62. The van der Waals surface area contributed by atoms with Crippen LogP contribution in [0.1, 0.15) is 37.5 Å². The average molecular weight is 420 g/mol. The average Bonchev–Trinajstić information content (AvgIpc) is 2.52. The number of alkyl halides is 6. The van der Waals surface area contributed by atoms with Crippen molar-refractivity contribution >= 4 is 28.7 Å². The Labute approximate surface area is 163 Å². The smallest absolute Gasteiger partial charge is 0.332 e. The highest BCUT2D eigenvalue weighted by atomic mass is 32.1. The van der Waals surface area contributed by atoms with Gasteiger partial charge in [0.15, 0.2) is 5.11 Å². The van der Waals surface area contributed by atoms with Gasteiger partial charge in [0.2, 0.25) is 0 Å². The summed E-state index contributed by atoms with van der Waals surface area (Å²) >= 11 is 5.09. The first-order chi connectivity index (χ1) is 12.7. The molecule has 2 rings (SSSR count). The standard InChI is InChI=1S/C19H18F6N2S/c1-17(2,3)14-6-4-5-7-15(14)27-16(28)26-13-9-11(18(20,21)22)8-12(10-13)19(23,24)25/h4-10H,1-3H3,(H2,26,27,28). The predicted molar refractivity (Wildman–Crippen MR) is 101 cm³/mol. The van der Waals surface area contributed by atoms with Gasteiger partial charge in [-0.05, 0) is 47.5 Å². The van der Waals surface area contributed by atoms with E-state index in [4.69, 9.17) is 12.2 Å². The Morgan fingerprint density at radius 1 is 0.786 bits per heavy atom. The molecule has 0 aliphatic heterocycles. The lowest BCUT2D eigenvalue weighted by Crippen LogP contribution is -2.23. The lowest BCUT2D eigenvalue weighted by Gasteiger charge is -2.24. The van der Waals surface area contributed by atoms with Crippen LogP contribution in [0.25, 0.3) is 0 Å². The minimum Gasteiger partial charge on any atom is -0.332 e. The van der Waals surface area contributed by atoms with Crippen molar-refractivity contribution in [2.45, 2.75) is 38.5 Å². The summed E-state index contributed by atoms with van der Waals surface area (Å²) in [6.45, 7) is 5.89. The van der Waals surface area contributed by atoms with Crippen LogP contribution in [0.2, 0.25) is 0 Å². The monoisotopic (exact) mass is 420 g/mol. The molecule has 0 radical (unpaired) electrons. The molecule has 0 aromatic heterocycles. The Hall–Kier alpha value is -2.29. The fraction of sp³-hybridized carbons (Fsp3) is 0.316. The van der Waals surface area contributed by atoms with Crippen LogP contribution in [0.15, 0.2) is 42.5 Å². The molecule has 28 heavy (non-hydrogen) atoms. The molecular formula is C19H18F6N2S. The van der Waals surface area contributed by atoms with Crippen LogP contribution in [0.3, 0.4) is 0 Å². The molecule has 0 unspecified atom stereocenters. The summed E-state index contributed by atoms with van der Waals surface area (Å²) in [5, 5.41) is 5.13. The van der Waals surface area contributed by atoms with Gasteiger partial charge in [-0.3, -0.25) is 0 Å². The first kappa shape index (κ1) is 22.0. The van der Waals surface area contributed by atoms with Crippen molar-refractivity contribution in [2.75, 3.05) is 10.6 Å². The van der Waals surface area contributed by atoms with Gasteiger partial charge in [0, 0.05) is 11.4 Å². The molecule has 0 spiro atoms. The van der Waals surface area contributed by atoms with Crippen molar-refractivity contribution < 1.29 is 26.3 Å². The van der Waals surface area contributed by atoms with Crippen LogP contribution in [-0.2, 0) is 17.8 Å². The Bertz CT molecular complexity index is 834. The molecular weight excluding hydrogens is 402 g/mol. The summed E-state index contributed by atoms with van der Waals surface area (Å²) in [6.07, 6.45) is -9.85. The number of rotatable bonds is 2. The molecule has 0 heterocycles. The highest BCUT2D eigenvalue weighted by Gasteiger charge is 2.37. The van der Waals surface area contributed by atoms with E-state index < -0.39 is 29.2 Å². The molecule has 0 atom stereocenters. The van der Waals surface area contributed by atoms with Crippen molar-refractivity contribution in [1.29, 1.82) is 0 Å². The number of halogens is 6. The zero-order chi connectivity index (χ0) is 21.3. The quantitative estimate of drug-likeness (QED) is 0.411. The van der Waals surface area contributed by atoms with Crippen molar-refractivity contribution in [3.8, 4) is 0 Å². The molecule has 2 aromatic carbocycles. The molecule has 0 aliphatic rings. The van der Waals surface area contributed by atoms with Crippen molar-refractivity contribution in [2.24, 2.45) is 0 Å². The highest BCUT2D eigenvalue weighted by Crippen LogP contribution is 2.37. The molecule has 9 heteroatoms. The summed E-state index contributed by atoms with van der Waals surface area (Å²) < 4.78 is 77.8. The van der Waals surface area contributed by atoms with Gasteiger partial charge < -0.3 is 10.6 Å². The highest BCUT2D eigenvalue weighted by molar-refractivity contribution is 7.80. The SMILES string of the molecule is CC(C)(C)c1ccccc1NC(=S)Nc1cc(C(F)(F)F)cc(C(F)(F)F)c1. The van der Waals surface area contributed by atoms with Crippen LogP contribution in [0.4, 0.5) is 37.7 Å². The molecule has 2 nitrogen and oxygen atoms in total. The third kappa shape index (κ3) is 5.60. The maximum Gasteiger partial charge on any atom is 0.416 e. The van der Waals surface area contributed by atoms with E-state index in [0.29, 0.717) is 17.8 Å². The third-order valence-corrected chi connectivity index (χ3v) is 4.03. The summed E-state index contributed by atoms with van der Waals surface area (Å²) in [7, 11) is 0. The lowest BCUT2D eigenvalue weighted by atomic mass is 9.86. The van der Waals surface area contributed by atoms with E-state index in [2.05, 4.69) is 10.6 Å². The fourth-order valence-corrected chi connectivity index (χ4v) is 2.79. The number of para-hydroxylation sites is 1. The summed E-state index contributed by atoms with van der Waals surface area (Å²) in [5.41, 5.74) is -1.99. The van der Waals surface area contributed by atoms with Gasteiger partial charge in [0.1, 0.15) is 0 Å². The number of hydrogen-bond donors (Lipinski definition) is 2. The molecule has 0 saturated heterocycles. The Kier molecular flexibility index (Phi) is 5.98. The first-order valence-electron chi connectivity index (χ1n) is 8.15. The number of benzene rings is 2. The van der Waals surface area contributed by atoms with Crippen molar-refractivity contribution in [3.05, 3.63) is 59.2 Å². The normalized spacial score (nSPS) is 12.6. The zero-order valence-corrected chi connectivity index (χ0v) is 16.0. The van der Waals surface area contributed by atoms with Gasteiger partial charge in [0.25, 0.3) is 0 Å². The maximum atomic E-state index is 13.0. The number of anilines is 2. The summed E-state index contributed by atoms with van der Waals surface area (Å²) in [4.78, 5) is 0. The van der Waals surface area contributed by atoms with Crippen LogP contribution in [0, 0.1) is 0 Å². The van der Waals surface area contributed by atoms with E-state index in [1.54, 1.807) is 12.1 Å². The van der Waals surface area contributed by atoms with Crippen LogP contribution >= 0.6 is 12.2 Å². The summed E-state index contributed by atoms with van der Waals surface area (Å²) in [6, 6.07) is 8.38. The van der Waals surface area contributed by atoms with Gasteiger partial charge in [-0.1, -0.05) is 39.0 Å². The van der Waals surface area contributed by atoms with Crippen LogP contribution in [-0.4, -0.2) is 5.11 Å². The van der Waals surface area contributed by atoms with Gasteiger partial charge in [0.05, 0.1) is 11.1 Å². The molecule has 0 amide bonds. The second-order valence-electron chi connectivity index (χ2n) is 7.17. The lowest BCUT2D eigenvalue weighted by molar-refractivity contribution is -0.143. The zero-order valence-electron chi connectivity index (χ0n) is 15.2. The summed E-state index contributed by atoms with van der Waals surface area (Å²) in [5.74, 6) is 0. The largest absolute Gasteiger partial charge is 0.416 e. The molecule has 152 valence electrons.